The number of anilines is 1. The van der Waals surface area contributed by atoms with Gasteiger partial charge in [0.2, 0.25) is 0 Å². The summed E-state index contributed by atoms with van der Waals surface area (Å²) in [7, 11) is 0. The fraction of sp³-hybridized carbons (Fsp3) is 0.125. The van der Waals surface area contributed by atoms with Crippen molar-refractivity contribution in [3.8, 4) is 0 Å². The first-order valence-electron chi connectivity index (χ1n) is 3.41. The summed E-state index contributed by atoms with van der Waals surface area (Å²) >= 11 is 0. The molecule has 2 nitrogen and oxygen atoms in total. The van der Waals surface area contributed by atoms with Crippen LogP contribution in [0.4, 0.5) is 19.0 Å². The highest BCUT2D eigenvalue weighted by Crippen LogP contribution is 2.35. The van der Waals surface area contributed by atoms with E-state index < -0.39 is 17.6 Å². The zero-order valence-electron chi connectivity index (χ0n) is 6.60. The molecule has 0 aliphatic carbocycles. The topological polar surface area (TPSA) is 38.9 Å². The number of hydrogen-bond donors (Lipinski definition) is 1. The molecule has 1 heterocycles. The zero-order chi connectivity index (χ0) is 10.1. The van der Waals surface area contributed by atoms with E-state index in [1.807, 2.05) is 0 Å². The van der Waals surface area contributed by atoms with Crippen LogP contribution in [0.1, 0.15) is 11.1 Å². The van der Waals surface area contributed by atoms with Crippen molar-refractivity contribution in [3.05, 3.63) is 30.0 Å². The van der Waals surface area contributed by atoms with Crippen molar-refractivity contribution in [3.63, 3.8) is 0 Å². The maximum Gasteiger partial charge on any atom is 0.420 e. The van der Waals surface area contributed by atoms with Gasteiger partial charge in [0.15, 0.2) is 0 Å². The first-order chi connectivity index (χ1) is 5.96. The Morgan fingerprint density at radius 3 is 2.46 bits per heavy atom. The van der Waals surface area contributed by atoms with Crippen LogP contribution >= 0.6 is 0 Å². The Morgan fingerprint density at radius 1 is 1.46 bits per heavy atom. The van der Waals surface area contributed by atoms with Crippen LogP contribution in [-0.2, 0) is 6.18 Å². The van der Waals surface area contributed by atoms with Gasteiger partial charge >= 0.3 is 6.18 Å². The fourth-order valence-corrected chi connectivity index (χ4v) is 0.973. The summed E-state index contributed by atoms with van der Waals surface area (Å²) in [6.07, 6.45) is -2.18. The molecule has 0 aromatic carbocycles. The summed E-state index contributed by atoms with van der Waals surface area (Å²) in [5.41, 5.74) is 4.12. The third-order valence-electron chi connectivity index (χ3n) is 1.52. The Kier molecular flexibility index (Phi) is 2.27. The molecule has 0 fully saturated rings. The quantitative estimate of drug-likeness (QED) is 0.734. The third-order valence-corrected chi connectivity index (χ3v) is 1.52. The van der Waals surface area contributed by atoms with Crippen LogP contribution in [0, 0.1) is 0 Å². The van der Waals surface area contributed by atoms with Gasteiger partial charge in [-0.1, -0.05) is 12.7 Å². The Morgan fingerprint density at radius 2 is 2.08 bits per heavy atom. The number of rotatable bonds is 1. The SMILES string of the molecule is C=Cc1ccnc(N)c1C(F)(F)F. The molecule has 0 amide bonds. The molecule has 0 aliphatic rings. The maximum absolute atomic E-state index is 12.3. The van der Waals surface area contributed by atoms with Gasteiger partial charge in [-0.3, -0.25) is 0 Å². The van der Waals surface area contributed by atoms with Crippen LogP contribution in [0.5, 0.6) is 0 Å². The number of nitrogen functional groups attached to an aromatic ring is 1. The fourth-order valence-electron chi connectivity index (χ4n) is 0.973. The van der Waals surface area contributed by atoms with Crippen molar-refractivity contribution >= 4 is 11.9 Å². The largest absolute Gasteiger partial charge is 0.420 e. The van der Waals surface area contributed by atoms with Crippen LogP contribution < -0.4 is 5.73 Å². The minimum Gasteiger partial charge on any atom is -0.383 e. The number of alkyl halides is 3. The van der Waals surface area contributed by atoms with Gasteiger partial charge in [-0.25, -0.2) is 4.98 Å². The molecule has 0 bridgehead atoms. The molecule has 0 aliphatic heterocycles. The monoisotopic (exact) mass is 188 g/mol. The van der Waals surface area contributed by atoms with Gasteiger partial charge in [0.05, 0.1) is 0 Å². The molecule has 70 valence electrons. The lowest BCUT2D eigenvalue weighted by Gasteiger charge is -2.11. The average molecular weight is 188 g/mol. The van der Waals surface area contributed by atoms with Gasteiger partial charge in [-0.2, -0.15) is 13.2 Å². The Hall–Kier alpha value is -1.52. The van der Waals surface area contributed by atoms with Crippen molar-refractivity contribution in [1.82, 2.24) is 4.98 Å². The van der Waals surface area contributed by atoms with E-state index in [-0.39, 0.29) is 5.56 Å². The van der Waals surface area contributed by atoms with Crippen molar-refractivity contribution < 1.29 is 13.2 Å². The molecule has 0 saturated heterocycles. The number of halogens is 3. The number of aromatic nitrogens is 1. The summed E-state index contributed by atoms with van der Waals surface area (Å²) in [4.78, 5) is 3.36. The van der Waals surface area contributed by atoms with E-state index in [4.69, 9.17) is 5.73 Å². The van der Waals surface area contributed by atoms with E-state index >= 15 is 0 Å². The van der Waals surface area contributed by atoms with E-state index in [9.17, 15) is 13.2 Å². The molecule has 0 atom stereocenters. The summed E-state index contributed by atoms with van der Waals surface area (Å²) in [5, 5.41) is 0. The number of pyridine rings is 1. The summed E-state index contributed by atoms with van der Waals surface area (Å²) in [5.74, 6) is -0.523. The number of nitrogens with zero attached hydrogens (tertiary/aromatic N) is 1. The zero-order valence-corrected chi connectivity index (χ0v) is 6.60. The van der Waals surface area contributed by atoms with Crippen LogP contribution in [0.2, 0.25) is 0 Å². The molecule has 0 spiro atoms. The molecular formula is C8H7F3N2. The van der Waals surface area contributed by atoms with Gasteiger partial charge in [0.25, 0.3) is 0 Å². The molecule has 0 saturated carbocycles. The molecule has 1 aromatic heterocycles. The summed E-state index contributed by atoms with van der Waals surface area (Å²) in [6, 6.07) is 1.21. The van der Waals surface area contributed by atoms with Gasteiger partial charge < -0.3 is 5.73 Å². The second kappa shape index (κ2) is 3.08. The minimum atomic E-state index is -4.48. The Bertz CT molecular complexity index is 331. The van der Waals surface area contributed by atoms with Crippen LogP contribution in [0.25, 0.3) is 6.08 Å². The van der Waals surface area contributed by atoms with E-state index in [1.54, 1.807) is 0 Å². The smallest absolute Gasteiger partial charge is 0.383 e. The first kappa shape index (κ1) is 9.57. The highest BCUT2D eigenvalue weighted by Gasteiger charge is 2.35. The lowest BCUT2D eigenvalue weighted by atomic mass is 10.1. The molecule has 1 rings (SSSR count). The highest BCUT2D eigenvalue weighted by molar-refractivity contribution is 5.59. The van der Waals surface area contributed by atoms with Gasteiger partial charge in [-0.05, 0) is 11.6 Å². The average Bonchev–Trinajstić information content (AvgIpc) is 2.01. The van der Waals surface area contributed by atoms with E-state index in [1.165, 1.54) is 12.3 Å². The van der Waals surface area contributed by atoms with Crippen LogP contribution in [0.15, 0.2) is 18.8 Å². The van der Waals surface area contributed by atoms with Crippen molar-refractivity contribution in [1.29, 1.82) is 0 Å². The molecule has 2 N–H and O–H groups in total. The highest BCUT2D eigenvalue weighted by atomic mass is 19.4. The van der Waals surface area contributed by atoms with E-state index in [2.05, 4.69) is 11.6 Å². The lowest BCUT2D eigenvalue weighted by Crippen LogP contribution is -2.12. The predicted octanol–water partition coefficient (Wildman–Crippen LogP) is 2.33. The molecule has 5 heteroatoms. The van der Waals surface area contributed by atoms with Crippen LogP contribution in [0.3, 0.4) is 0 Å². The number of hydrogen-bond acceptors (Lipinski definition) is 2. The standard InChI is InChI=1S/C8H7F3N2/c1-2-5-3-4-13-7(12)6(5)8(9,10)11/h2-4H,1H2,(H2,12,13). The maximum atomic E-state index is 12.3. The second-order valence-corrected chi connectivity index (χ2v) is 2.36. The molecule has 0 radical (unpaired) electrons. The molecule has 0 unspecified atom stereocenters. The summed E-state index contributed by atoms with van der Waals surface area (Å²) in [6.45, 7) is 3.26. The van der Waals surface area contributed by atoms with Crippen molar-refractivity contribution in [2.24, 2.45) is 0 Å². The normalized spacial score (nSPS) is 11.3. The molecule has 1 aromatic rings. The van der Waals surface area contributed by atoms with Crippen molar-refractivity contribution in [2.75, 3.05) is 5.73 Å². The van der Waals surface area contributed by atoms with Gasteiger partial charge in [0, 0.05) is 6.20 Å². The van der Waals surface area contributed by atoms with Crippen molar-refractivity contribution in [2.45, 2.75) is 6.18 Å². The van der Waals surface area contributed by atoms with Gasteiger partial charge in [-0.15, -0.1) is 0 Å². The summed E-state index contributed by atoms with van der Waals surface area (Å²) < 4.78 is 37.0. The molecular weight excluding hydrogens is 181 g/mol. The van der Waals surface area contributed by atoms with E-state index in [0.29, 0.717) is 0 Å². The lowest BCUT2D eigenvalue weighted by molar-refractivity contribution is -0.137. The minimum absolute atomic E-state index is 0.0556. The predicted molar refractivity (Wildman–Crippen MR) is 43.7 cm³/mol. The molecule has 13 heavy (non-hydrogen) atoms. The Labute approximate surface area is 72.9 Å². The number of nitrogens with two attached hydrogens (primary N) is 1. The Balaban J connectivity index is 3.40. The third kappa shape index (κ3) is 1.80. The second-order valence-electron chi connectivity index (χ2n) is 2.36. The van der Waals surface area contributed by atoms with Gasteiger partial charge in [0.1, 0.15) is 11.4 Å². The van der Waals surface area contributed by atoms with Crippen LogP contribution in [-0.4, -0.2) is 4.98 Å². The first-order valence-corrected chi connectivity index (χ1v) is 3.41. The van der Waals surface area contributed by atoms with E-state index in [0.717, 1.165) is 6.08 Å².